The summed E-state index contributed by atoms with van der Waals surface area (Å²) in [4.78, 5) is 14.1. The van der Waals surface area contributed by atoms with Crippen molar-refractivity contribution in [3.8, 4) is 0 Å². The SMILES string of the molecule is c1ccc2nc3c(nc2c1)c1cccnc1n1cccc31. The van der Waals surface area contributed by atoms with Crippen molar-refractivity contribution in [2.45, 2.75) is 0 Å². The minimum atomic E-state index is 0.906. The predicted molar refractivity (Wildman–Crippen MR) is 83.3 cm³/mol. The fourth-order valence-corrected chi connectivity index (χ4v) is 2.90. The molecule has 0 aliphatic carbocycles. The van der Waals surface area contributed by atoms with Gasteiger partial charge in [0.1, 0.15) is 16.7 Å². The molecule has 0 atom stereocenters. The van der Waals surface area contributed by atoms with Crippen molar-refractivity contribution in [1.29, 1.82) is 0 Å². The summed E-state index contributed by atoms with van der Waals surface area (Å²) in [7, 11) is 0. The Labute approximate surface area is 119 Å². The van der Waals surface area contributed by atoms with Crippen LogP contribution in [0.15, 0.2) is 60.9 Å². The number of pyridine rings is 2. The van der Waals surface area contributed by atoms with Gasteiger partial charge < -0.3 is 0 Å². The van der Waals surface area contributed by atoms with Gasteiger partial charge in [0.15, 0.2) is 0 Å². The number of rotatable bonds is 0. The van der Waals surface area contributed by atoms with Crippen molar-refractivity contribution >= 4 is 38.6 Å². The van der Waals surface area contributed by atoms with E-state index < -0.39 is 0 Å². The molecule has 0 N–H and O–H groups in total. The van der Waals surface area contributed by atoms with Crippen LogP contribution in [0, 0.1) is 0 Å². The van der Waals surface area contributed by atoms with Gasteiger partial charge in [0.25, 0.3) is 0 Å². The van der Waals surface area contributed by atoms with Crippen LogP contribution in [0.4, 0.5) is 0 Å². The van der Waals surface area contributed by atoms with Crippen LogP contribution < -0.4 is 0 Å². The highest BCUT2D eigenvalue weighted by molar-refractivity contribution is 6.09. The molecule has 0 amide bonds. The number of benzene rings is 1. The fourth-order valence-electron chi connectivity index (χ4n) is 2.90. The Hall–Kier alpha value is -3.01. The average Bonchev–Trinajstić information content (AvgIpc) is 3.03. The minimum Gasteiger partial charge on any atom is -0.299 e. The lowest BCUT2D eigenvalue weighted by Crippen LogP contribution is -1.96. The molecule has 1 aromatic carbocycles. The molecular formula is C17H10N4. The summed E-state index contributed by atoms with van der Waals surface area (Å²) in [5, 5.41) is 1.02. The second kappa shape index (κ2) is 3.76. The number of nitrogens with zero attached hydrogens (tertiary/aromatic N) is 4. The van der Waals surface area contributed by atoms with Crippen LogP contribution in [0.3, 0.4) is 0 Å². The van der Waals surface area contributed by atoms with Gasteiger partial charge in [0.05, 0.1) is 16.6 Å². The molecule has 0 aliphatic heterocycles. The van der Waals surface area contributed by atoms with Crippen LogP contribution in [-0.2, 0) is 0 Å². The van der Waals surface area contributed by atoms with Gasteiger partial charge in [-0.1, -0.05) is 12.1 Å². The van der Waals surface area contributed by atoms with E-state index in [4.69, 9.17) is 9.97 Å². The lowest BCUT2D eigenvalue weighted by molar-refractivity contribution is 1.20. The molecule has 4 heterocycles. The third-order valence-electron chi connectivity index (χ3n) is 3.83. The molecule has 0 bridgehead atoms. The third-order valence-corrected chi connectivity index (χ3v) is 3.83. The van der Waals surface area contributed by atoms with Crippen molar-refractivity contribution in [3.05, 3.63) is 60.9 Å². The Morgan fingerprint density at radius 3 is 2.43 bits per heavy atom. The van der Waals surface area contributed by atoms with Crippen LogP contribution >= 0.6 is 0 Å². The number of hydrogen-bond donors (Lipinski definition) is 0. The van der Waals surface area contributed by atoms with Gasteiger partial charge in [-0.3, -0.25) is 4.40 Å². The fraction of sp³-hybridized carbons (Fsp3) is 0. The lowest BCUT2D eigenvalue weighted by Gasteiger charge is -2.08. The summed E-state index contributed by atoms with van der Waals surface area (Å²) in [5.41, 5.74) is 5.59. The van der Waals surface area contributed by atoms with Crippen LogP contribution in [0.5, 0.6) is 0 Å². The summed E-state index contributed by atoms with van der Waals surface area (Å²) in [5.74, 6) is 0. The molecule has 0 saturated carbocycles. The van der Waals surface area contributed by atoms with Gasteiger partial charge in [-0.15, -0.1) is 0 Å². The molecule has 0 aliphatic rings. The Morgan fingerprint density at radius 1 is 0.762 bits per heavy atom. The summed E-state index contributed by atoms with van der Waals surface area (Å²) in [6, 6.07) is 16.0. The summed E-state index contributed by atoms with van der Waals surface area (Å²) >= 11 is 0. The molecule has 98 valence electrons. The molecule has 0 saturated heterocycles. The topological polar surface area (TPSA) is 43.1 Å². The van der Waals surface area contributed by atoms with E-state index in [1.807, 2.05) is 54.9 Å². The normalized spacial score (nSPS) is 11.8. The van der Waals surface area contributed by atoms with E-state index in [9.17, 15) is 0 Å². The molecular weight excluding hydrogens is 260 g/mol. The first-order chi connectivity index (χ1) is 10.4. The molecule has 0 unspecified atom stereocenters. The molecule has 4 aromatic heterocycles. The maximum atomic E-state index is 4.82. The van der Waals surface area contributed by atoms with E-state index in [-0.39, 0.29) is 0 Å². The first-order valence-electron chi connectivity index (χ1n) is 6.82. The number of fused-ring (bicyclic) bond motifs is 7. The molecule has 0 spiro atoms. The maximum absolute atomic E-state index is 4.82. The predicted octanol–water partition coefficient (Wildman–Crippen LogP) is 3.58. The van der Waals surface area contributed by atoms with E-state index in [1.165, 1.54) is 0 Å². The molecule has 21 heavy (non-hydrogen) atoms. The van der Waals surface area contributed by atoms with Gasteiger partial charge in [0.2, 0.25) is 0 Å². The number of para-hydroxylation sites is 2. The van der Waals surface area contributed by atoms with Crippen LogP contribution in [0.25, 0.3) is 38.6 Å². The molecule has 4 nitrogen and oxygen atoms in total. The van der Waals surface area contributed by atoms with Gasteiger partial charge in [-0.2, -0.15) is 0 Å². The van der Waals surface area contributed by atoms with E-state index in [2.05, 4.69) is 15.5 Å². The van der Waals surface area contributed by atoms with E-state index in [0.717, 1.165) is 38.6 Å². The first-order valence-corrected chi connectivity index (χ1v) is 6.82. The van der Waals surface area contributed by atoms with Crippen LogP contribution in [0.2, 0.25) is 0 Å². The summed E-state index contributed by atoms with van der Waals surface area (Å²) in [6.07, 6.45) is 3.82. The van der Waals surface area contributed by atoms with Crippen molar-refractivity contribution in [1.82, 2.24) is 19.4 Å². The van der Waals surface area contributed by atoms with Crippen LogP contribution in [-0.4, -0.2) is 19.4 Å². The van der Waals surface area contributed by atoms with E-state index in [1.54, 1.807) is 0 Å². The summed E-state index contributed by atoms with van der Waals surface area (Å²) in [6.45, 7) is 0. The standard InChI is InChI=1S/C17H10N4/c1-2-7-13-12(6-1)19-15-11-5-3-9-18-17(11)21-10-4-8-14(21)16(15)20-13/h1-10H. The Kier molecular flexibility index (Phi) is 1.92. The third kappa shape index (κ3) is 1.36. The Balaban J connectivity index is 2.18. The quantitative estimate of drug-likeness (QED) is 0.319. The molecule has 0 radical (unpaired) electrons. The highest BCUT2D eigenvalue weighted by Crippen LogP contribution is 2.27. The number of hydrogen-bond acceptors (Lipinski definition) is 3. The zero-order valence-corrected chi connectivity index (χ0v) is 11.1. The molecule has 5 rings (SSSR count). The molecule has 5 aromatic rings. The lowest BCUT2D eigenvalue weighted by atomic mass is 10.2. The highest BCUT2D eigenvalue weighted by atomic mass is 15.0. The monoisotopic (exact) mass is 270 g/mol. The van der Waals surface area contributed by atoms with Gasteiger partial charge in [-0.25, -0.2) is 15.0 Å². The largest absolute Gasteiger partial charge is 0.299 e. The maximum Gasteiger partial charge on any atom is 0.146 e. The molecule has 0 fully saturated rings. The van der Waals surface area contributed by atoms with Crippen molar-refractivity contribution in [3.63, 3.8) is 0 Å². The highest BCUT2D eigenvalue weighted by Gasteiger charge is 2.12. The number of aromatic nitrogens is 4. The first kappa shape index (κ1) is 10.7. The smallest absolute Gasteiger partial charge is 0.146 e. The van der Waals surface area contributed by atoms with Gasteiger partial charge in [-0.05, 0) is 36.4 Å². The average molecular weight is 270 g/mol. The summed E-state index contributed by atoms with van der Waals surface area (Å²) < 4.78 is 2.07. The van der Waals surface area contributed by atoms with Gasteiger partial charge >= 0.3 is 0 Å². The van der Waals surface area contributed by atoms with E-state index >= 15 is 0 Å². The molecule has 4 heteroatoms. The second-order valence-corrected chi connectivity index (χ2v) is 5.05. The van der Waals surface area contributed by atoms with E-state index in [0.29, 0.717) is 0 Å². The Morgan fingerprint density at radius 2 is 1.57 bits per heavy atom. The van der Waals surface area contributed by atoms with Crippen molar-refractivity contribution in [2.75, 3.05) is 0 Å². The second-order valence-electron chi connectivity index (χ2n) is 5.05. The van der Waals surface area contributed by atoms with Crippen molar-refractivity contribution < 1.29 is 0 Å². The minimum absolute atomic E-state index is 0.906. The Bertz CT molecular complexity index is 1140. The zero-order chi connectivity index (χ0) is 13.8. The van der Waals surface area contributed by atoms with Crippen LogP contribution in [0.1, 0.15) is 0 Å². The zero-order valence-electron chi connectivity index (χ0n) is 11.1. The van der Waals surface area contributed by atoms with Crippen molar-refractivity contribution in [2.24, 2.45) is 0 Å². The van der Waals surface area contributed by atoms with Gasteiger partial charge in [0, 0.05) is 17.8 Å².